The number of carbonyl (C=O) groups excluding carboxylic acids is 1. The Hall–Kier alpha value is -4.50. The zero-order valence-electron chi connectivity index (χ0n) is 33.8. The summed E-state index contributed by atoms with van der Waals surface area (Å²) in [4.78, 5) is 29.9. The first kappa shape index (κ1) is 44.1. The summed E-state index contributed by atoms with van der Waals surface area (Å²) in [5.41, 5.74) is 4.05. The first-order chi connectivity index (χ1) is 28.3. The number of nitrogens with one attached hydrogen (secondary N) is 1. The van der Waals surface area contributed by atoms with Crippen LogP contribution in [-0.4, -0.2) is 86.0 Å². The molecule has 11 nitrogen and oxygen atoms in total. The highest BCUT2D eigenvalue weighted by atomic mass is 35.5. The van der Waals surface area contributed by atoms with Gasteiger partial charge in [-0.2, -0.15) is 0 Å². The lowest BCUT2D eigenvalue weighted by atomic mass is 10.0. The second-order valence-corrected chi connectivity index (χ2v) is 24.3. The molecule has 1 aromatic heterocycles. The van der Waals surface area contributed by atoms with E-state index in [4.69, 9.17) is 25.5 Å². The molecule has 1 aliphatic rings. The van der Waals surface area contributed by atoms with Crippen molar-refractivity contribution in [3.63, 3.8) is 0 Å². The van der Waals surface area contributed by atoms with Gasteiger partial charge in [0.15, 0.2) is 5.76 Å². The number of sulfonamides is 1. The molecule has 0 aliphatic carbocycles. The minimum absolute atomic E-state index is 0.0649. The van der Waals surface area contributed by atoms with Crippen molar-refractivity contribution in [1.82, 2.24) is 14.2 Å². The van der Waals surface area contributed by atoms with Gasteiger partial charge in [-0.1, -0.05) is 123 Å². The number of aliphatic hydroxyl groups excluding tert-OH is 1. The first-order valence-electron chi connectivity index (χ1n) is 20.1. The lowest BCUT2D eigenvalue weighted by Gasteiger charge is -2.38. The fraction of sp³-hybridized carbons (Fsp3) is 0.378. The molecule has 0 saturated carbocycles. The van der Waals surface area contributed by atoms with Crippen molar-refractivity contribution in [2.75, 3.05) is 25.5 Å². The molecule has 0 unspecified atom stereocenters. The van der Waals surface area contributed by atoms with Crippen LogP contribution in [0.3, 0.4) is 0 Å². The Morgan fingerprint density at radius 1 is 0.898 bits per heavy atom. The van der Waals surface area contributed by atoms with Crippen LogP contribution in [0.1, 0.15) is 24.0 Å². The van der Waals surface area contributed by atoms with Gasteiger partial charge in [0.25, 0.3) is 0 Å². The molecule has 0 bridgehead atoms. The Balaban J connectivity index is 1.26. The zero-order chi connectivity index (χ0) is 42.0. The van der Waals surface area contributed by atoms with Crippen LogP contribution in [-0.2, 0) is 39.1 Å². The number of aromatic nitrogens is 1. The van der Waals surface area contributed by atoms with E-state index in [1.165, 1.54) is 4.90 Å². The van der Waals surface area contributed by atoms with Crippen molar-refractivity contribution in [3.8, 4) is 28.3 Å². The SMILES string of the molecule is C[Si](C)(C)CCS(=O)(=O)N[C@@H](CCCn1c(-c2ccccc2)c(-c2ccccc2)oc1=O)C(=O)N1C[C@@H](O)[C@@H](Cl)COC[C@@H]1Cc1ccc(OCc2ccccc2)cc1. The summed E-state index contributed by atoms with van der Waals surface area (Å²) >= 11 is 6.49. The van der Waals surface area contributed by atoms with E-state index in [1.54, 1.807) is 4.57 Å². The van der Waals surface area contributed by atoms with Crippen LogP contribution in [0.5, 0.6) is 5.75 Å². The van der Waals surface area contributed by atoms with Gasteiger partial charge < -0.3 is 23.9 Å². The second-order valence-electron chi connectivity index (χ2n) is 16.3. The van der Waals surface area contributed by atoms with Crippen LogP contribution in [0.2, 0.25) is 25.7 Å². The normalized spacial score (nSPS) is 18.2. The number of amides is 1. The summed E-state index contributed by atoms with van der Waals surface area (Å²) in [5.74, 6) is -0.0733. The number of benzene rings is 4. The lowest BCUT2D eigenvalue weighted by Crippen LogP contribution is -2.57. The number of ether oxygens (including phenoxy) is 2. The molecule has 4 aromatic carbocycles. The molecule has 1 saturated heterocycles. The molecule has 1 fully saturated rings. The van der Waals surface area contributed by atoms with Crippen molar-refractivity contribution in [3.05, 3.63) is 137 Å². The Morgan fingerprint density at radius 2 is 1.53 bits per heavy atom. The van der Waals surface area contributed by atoms with Crippen LogP contribution in [0, 0.1) is 0 Å². The maximum absolute atomic E-state index is 14.8. The number of β-amino-alcohol motifs (C(OH)–C–C–N with tert-alkyl or cyclic N) is 1. The number of nitrogens with zero attached hydrogens (tertiary/aromatic N) is 2. The predicted octanol–water partition coefficient (Wildman–Crippen LogP) is 7.20. The van der Waals surface area contributed by atoms with Crippen molar-refractivity contribution >= 4 is 35.6 Å². The molecule has 2 N–H and O–H groups in total. The van der Waals surface area contributed by atoms with E-state index < -0.39 is 53.3 Å². The lowest BCUT2D eigenvalue weighted by molar-refractivity contribution is -0.140. The maximum atomic E-state index is 14.8. The summed E-state index contributed by atoms with van der Waals surface area (Å²) in [6.07, 6.45) is -0.446. The van der Waals surface area contributed by atoms with Gasteiger partial charge in [-0.3, -0.25) is 9.36 Å². The van der Waals surface area contributed by atoms with Crippen LogP contribution in [0.4, 0.5) is 0 Å². The molecule has 1 amide bonds. The van der Waals surface area contributed by atoms with E-state index in [1.807, 2.05) is 115 Å². The highest BCUT2D eigenvalue weighted by Gasteiger charge is 2.37. The predicted molar refractivity (Wildman–Crippen MR) is 235 cm³/mol. The highest BCUT2D eigenvalue weighted by molar-refractivity contribution is 7.89. The first-order valence-corrected chi connectivity index (χ1v) is 25.9. The molecule has 0 spiro atoms. The van der Waals surface area contributed by atoms with E-state index in [9.17, 15) is 23.1 Å². The van der Waals surface area contributed by atoms with Gasteiger partial charge in [0.2, 0.25) is 15.9 Å². The largest absolute Gasteiger partial charge is 0.489 e. The second kappa shape index (κ2) is 20.2. The number of hydrogen-bond donors (Lipinski definition) is 2. The zero-order valence-corrected chi connectivity index (χ0v) is 36.4. The molecule has 0 radical (unpaired) electrons. The molecule has 5 aromatic rings. The van der Waals surface area contributed by atoms with E-state index in [0.29, 0.717) is 36.3 Å². The number of rotatable bonds is 17. The number of carbonyl (C=O) groups is 1. The van der Waals surface area contributed by atoms with Gasteiger partial charge in [-0.15, -0.1) is 11.6 Å². The third-order valence-electron chi connectivity index (χ3n) is 10.3. The molecular formula is C45H54ClN3O8SSi. The summed E-state index contributed by atoms with van der Waals surface area (Å²) in [6.45, 7) is 6.95. The Bertz CT molecular complexity index is 2270. The van der Waals surface area contributed by atoms with Gasteiger partial charge in [-0.25, -0.2) is 17.9 Å². The summed E-state index contributed by atoms with van der Waals surface area (Å²) in [6, 6.07) is 35.0. The highest BCUT2D eigenvalue weighted by Crippen LogP contribution is 2.32. The minimum atomic E-state index is -3.91. The monoisotopic (exact) mass is 859 g/mol. The smallest absolute Gasteiger partial charge is 0.419 e. The van der Waals surface area contributed by atoms with Crippen molar-refractivity contribution in [2.45, 2.75) is 81.7 Å². The van der Waals surface area contributed by atoms with Crippen molar-refractivity contribution in [2.24, 2.45) is 0 Å². The van der Waals surface area contributed by atoms with Crippen molar-refractivity contribution < 1.29 is 32.2 Å². The molecule has 59 heavy (non-hydrogen) atoms. The Morgan fingerprint density at radius 3 is 2.17 bits per heavy atom. The third kappa shape index (κ3) is 12.5. The molecule has 314 valence electrons. The number of aliphatic hydroxyl groups is 1. The fourth-order valence-corrected chi connectivity index (χ4v) is 11.5. The van der Waals surface area contributed by atoms with Crippen molar-refractivity contribution in [1.29, 1.82) is 0 Å². The van der Waals surface area contributed by atoms with Crippen LogP contribution < -0.4 is 15.2 Å². The molecule has 1 aliphatic heterocycles. The molecule has 4 atom stereocenters. The number of hydrogen-bond acceptors (Lipinski definition) is 8. The van der Waals surface area contributed by atoms with Gasteiger partial charge in [0.1, 0.15) is 18.4 Å². The Kier molecular flexibility index (Phi) is 15.1. The average molecular weight is 861 g/mol. The van der Waals surface area contributed by atoms with Crippen LogP contribution in [0.15, 0.2) is 124 Å². The van der Waals surface area contributed by atoms with Gasteiger partial charge >= 0.3 is 5.76 Å². The number of oxazole rings is 1. The minimum Gasteiger partial charge on any atom is -0.489 e. The van der Waals surface area contributed by atoms with Crippen LogP contribution in [0.25, 0.3) is 22.6 Å². The summed E-state index contributed by atoms with van der Waals surface area (Å²) in [5, 5.41) is 10.4. The molecule has 14 heteroatoms. The van der Waals surface area contributed by atoms with E-state index in [2.05, 4.69) is 24.4 Å². The van der Waals surface area contributed by atoms with E-state index >= 15 is 0 Å². The molecule has 6 rings (SSSR count). The Labute approximate surface area is 353 Å². The third-order valence-corrected chi connectivity index (χ3v) is 14.3. The summed E-state index contributed by atoms with van der Waals surface area (Å²) < 4.78 is 49.5. The quantitative estimate of drug-likeness (QED) is 0.0740. The maximum Gasteiger partial charge on any atom is 0.419 e. The topological polar surface area (TPSA) is 140 Å². The van der Waals surface area contributed by atoms with Gasteiger partial charge in [0, 0.05) is 32.3 Å². The van der Waals surface area contributed by atoms with Gasteiger partial charge in [-0.05, 0) is 48.6 Å². The average Bonchev–Trinajstić information content (AvgIpc) is 3.56. The number of halogens is 1. The fourth-order valence-electron chi connectivity index (χ4n) is 7.04. The molecule has 2 heterocycles. The summed E-state index contributed by atoms with van der Waals surface area (Å²) in [7, 11) is -5.68. The van der Waals surface area contributed by atoms with Gasteiger partial charge in [0.05, 0.1) is 42.2 Å². The van der Waals surface area contributed by atoms with E-state index in [0.717, 1.165) is 22.3 Å². The van der Waals surface area contributed by atoms with Crippen LogP contribution >= 0.6 is 11.6 Å². The number of alkyl halides is 1. The van der Waals surface area contributed by atoms with E-state index in [-0.39, 0.29) is 44.9 Å². The standard InChI is InChI=1S/C45H54ClN3O8SSi/c1-59(2,3)27-26-58(53,54)47-40(20-13-25-48-42(35-16-9-5-10-17-35)43(57-45(48)52)36-18-11-6-12-19-36)44(51)49-29-41(50)39(46)32-55-31-37(49)28-33-21-23-38(24-22-33)56-30-34-14-7-4-8-15-34/h4-12,14-19,21-24,37,39-41,47,50H,13,20,25-32H2,1-3H3/t37-,39-,40-,41+/m0/s1. The molecular weight excluding hydrogens is 806 g/mol.